The first kappa shape index (κ1) is 19.9. The first-order valence-electron chi connectivity index (χ1n) is 10.5. The van der Waals surface area contributed by atoms with Crippen molar-refractivity contribution in [3.05, 3.63) is 53.0 Å². The molecular weight excluding hydrogens is 474 g/mol. The summed E-state index contributed by atoms with van der Waals surface area (Å²) < 4.78 is 8.83. The van der Waals surface area contributed by atoms with Crippen LogP contribution in [-0.4, -0.2) is 48.5 Å². The Labute approximate surface area is 192 Å². The van der Waals surface area contributed by atoms with Crippen LogP contribution in [0.2, 0.25) is 0 Å². The number of fused-ring (bicyclic) bond motifs is 3. The number of aromatic nitrogens is 4. The summed E-state index contributed by atoms with van der Waals surface area (Å²) in [5.74, 6) is 0.985. The lowest BCUT2D eigenvalue weighted by Gasteiger charge is -2.25. The molecule has 2 aliphatic rings. The summed E-state index contributed by atoms with van der Waals surface area (Å²) in [6.45, 7) is 2.24. The fourth-order valence-electron chi connectivity index (χ4n) is 5.39. The molecular formula is C23H22BrN5O3. The molecule has 6 rings (SSSR count). The summed E-state index contributed by atoms with van der Waals surface area (Å²) in [7, 11) is 0. The Morgan fingerprint density at radius 1 is 1.25 bits per heavy atom. The van der Waals surface area contributed by atoms with E-state index in [9.17, 15) is 10.2 Å². The third-order valence-corrected chi connectivity index (χ3v) is 7.80. The zero-order valence-corrected chi connectivity index (χ0v) is 18.9. The second kappa shape index (κ2) is 6.87. The Kier molecular flexibility index (Phi) is 4.27. The van der Waals surface area contributed by atoms with Crippen LogP contribution in [0.3, 0.4) is 0 Å². The van der Waals surface area contributed by atoms with E-state index >= 15 is 0 Å². The van der Waals surface area contributed by atoms with E-state index in [1.165, 1.54) is 0 Å². The van der Waals surface area contributed by atoms with Gasteiger partial charge in [0, 0.05) is 29.0 Å². The third kappa shape index (κ3) is 2.71. The minimum Gasteiger partial charge on any atom is -0.493 e. The van der Waals surface area contributed by atoms with Gasteiger partial charge in [-0.3, -0.25) is 0 Å². The first-order valence-corrected chi connectivity index (χ1v) is 11.3. The van der Waals surface area contributed by atoms with Gasteiger partial charge in [-0.2, -0.15) is 0 Å². The van der Waals surface area contributed by atoms with Crippen molar-refractivity contribution in [2.24, 2.45) is 11.8 Å². The molecule has 0 unspecified atom stereocenters. The Morgan fingerprint density at radius 2 is 2.09 bits per heavy atom. The van der Waals surface area contributed by atoms with Crippen LogP contribution in [0, 0.1) is 18.8 Å². The number of hydrogen-bond donors (Lipinski definition) is 3. The molecule has 5 atom stereocenters. The predicted molar refractivity (Wildman–Crippen MR) is 123 cm³/mol. The number of rotatable bonds is 4. The Bertz CT molecular complexity index is 1370. The Balaban J connectivity index is 1.26. The van der Waals surface area contributed by atoms with Crippen molar-refractivity contribution in [3.8, 4) is 5.75 Å². The zero-order valence-electron chi connectivity index (χ0n) is 17.3. The molecule has 3 aromatic heterocycles. The van der Waals surface area contributed by atoms with Gasteiger partial charge in [0.05, 0.1) is 33.9 Å². The summed E-state index contributed by atoms with van der Waals surface area (Å²) in [6, 6.07) is 9.55. The van der Waals surface area contributed by atoms with Gasteiger partial charge in [0.1, 0.15) is 29.6 Å². The van der Waals surface area contributed by atoms with Crippen LogP contribution in [0.1, 0.15) is 12.1 Å². The maximum absolute atomic E-state index is 11.0. The molecule has 9 heteroatoms. The number of anilines is 1. The molecule has 4 N–H and O–H groups in total. The van der Waals surface area contributed by atoms with E-state index in [2.05, 4.69) is 30.9 Å². The van der Waals surface area contributed by atoms with Crippen LogP contribution in [0.15, 0.2) is 47.3 Å². The molecule has 164 valence electrons. The number of aliphatic hydroxyl groups excluding tert-OH is 2. The SMILES string of the molecule is Cc1ncnc2c1ccn2[C@]12C[C@H]1[C@H](COc1ccc3cc(Br)c(N)nc3c1)[C@@H](O)[C@H]2O. The first-order chi connectivity index (χ1) is 15.4. The molecule has 0 radical (unpaired) electrons. The molecule has 0 bridgehead atoms. The van der Waals surface area contributed by atoms with E-state index in [4.69, 9.17) is 10.5 Å². The van der Waals surface area contributed by atoms with Crippen molar-refractivity contribution in [3.63, 3.8) is 0 Å². The molecule has 4 aromatic rings. The van der Waals surface area contributed by atoms with Gasteiger partial charge in [-0.1, -0.05) is 0 Å². The van der Waals surface area contributed by atoms with E-state index in [-0.39, 0.29) is 11.8 Å². The van der Waals surface area contributed by atoms with Crippen molar-refractivity contribution >= 4 is 43.7 Å². The van der Waals surface area contributed by atoms with E-state index in [1.807, 2.05) is 48.0 Å². The van der Waals surface area contributed by atoms with Crippen LogP contribution in [0.5, 0.6) is 5.75 Å². The van der Waals surface area contributed by atoms with Crippen LogP contribution in [0.25, 0.3) is 21.9 Å². The Hall–Kier alpha value is -2.75. The summed E-state index contributed by atoms with van der Waals surface area (Å²) in [5, 5.41) is 23.8. The number of nitrogen functional groups attached to an aromatic ring is 1. The lowest BCUT2D eigenvalue weighted by Crippen LogP contribution is -2.39. The number of halogens is 1. The fraction of sp³-hybridized carbons (Fsp3) is 0.348. The quantitative estimate of drug-likeness (QED) is 0.398. The van der Waals surface area contributed by atoms with Gasteiger partial charge in [-0.05, 0) is 59.5 Å². The summed E-state index contributed by atoms with van der Waals surface area (Å²) >= 11 is 3.39. The smallest absolute Gasteiger partial charge is 0.144 e. The van der Waals surface area contributed by atoms with Gasteiger partial charge < -0.3 is 25.3 Å². The predicted octanol–water partition coefficient (Wildman–Crippen LogP) is 2.78. The summed E-state index contributed by atoms with van der Waals surface area (Å²) in [6.07, 6.45) is 2.50. The maximum atomic E-state index is 11.0. The van der Waals surface area contributed by atoms with Crippen molar-refractivity contribution in [1.82, 2.24) is 19.5 Å². The monoisotopic (exact) mass is 495 g/mol. The fourth-order valence-corrected chi connectivity index (χ4v) is 5.72. The second-order valence-electron chi connectivity index (χ2n) is 8.80. The van der Waals surface area contributed by atoms with E-state index < -0.39 is 17.7 Å². The minimum atomic E-state index is -0.887. The van der Waals surface area contributed by atoms with Gasteiger partial charge in [0.15, 0.2) is 0 Å². The standard InChI is InChI=1S/C23H22BrN5O3/c1-11-14-4-5-29(22(14)27-10-26-11)23-8-16(23)15(19(30)20(23)31)9-32-13-3-2-12-6-17(24)21(25)28-18(12)7-13/h2-7,10,15-16,19-20,30-31H,8-9H2,1H3,(H2,25,28)/t15-,16-,19+,20+,23+/m0/s1. The number of aryl methyl sites for hydroxylation is 1. The molecule has 0 spiro atoms. The largest absolute Gasteiger partial charge is 0.493 e. The van der Waals surface area contributed by atoms with Crippen LogP contribution < -0.4 is 10.5 Å². The molecule has 2 aliphatic carbocycles. The van der Waals surface area contributed by atoms with Crippen LogP contribution >= 0.6 is 15.9 Å². The van der Waals surface area contributed by atoms with Crippen molar-refractivity contribution in [2.45, 2.75) is 31.1 Å². The number of pyridine rings is 1. The van der Waals surface area contributed by atoms with Crippen molar-refractivity contribution < 1.29 is 14.9 Å². The molecule has 3 heterocycles. The van der Waals surface area contributed by atoms with E-state index in [0.29, 0.717) is 18.2 Å². The highest BCUT2D eigenvalue weighted by atomic mass is 79.9. The molecule has 2 saturated carbocycles. The average molecular weight is 496 g/mol. The average Bonchev–Trinajstić information content (AvgIpc) is 3.28. The summed E-state index contributed by atoms with van der Waals surface area (Å²) in [4.78, 5) is 13.1. The molecule has 32 heavy (non-hydrogen) atoms. The Morgan fingerprint density at radius 3 is 2.94 bits per heavy atom. The molecule has 8 nitrogen and oxygen atoms in total. The number of hydrogen-bond acceptors (Lipinski definition) is 7. The number of nitrogens with two attached hydrogens (primary N) is 1. The molecule has 0 amide bonds. The number of aliphatic hydroxyl groups is 2. The summed E-state index contributed by atoms with van der Waals surface area (Å²) in [5.41, 5.74) is 7.78. The highest BCUT2D eigenvalue weighted by Crippen LogP contribution is 2.64. The van der Waals surface area contributed by atoms with E-state index in [0.717, 1.165) is 38.5 Å². The van der Waals surface area contributed by atoms with E-state index in [1.54, 1.807) is 6.33 Å². The second-order valence-corrected chi connectivity index (χ2v) is 9.66. The highest BCUT2D eigenvalue weighted by Gasteiger charge is 2.72. The number of nitrogens with zero attached hydrogens (tertiary/aromatic N) is 4. The molecule has 0 saturated heterocycles. The lowest BCUT2D eigenvalue weighted by molar-refractivity contribution is -0.0250. The van der Waals surface area contributed by atoms with Gasteiger partial charge in [-0.15, -0.1) is 0 Å². The van der Waals surface area contributed by atoms with Crippen molar-refractivity contribution in [2.75, 3.05) is 12.3 Å². The molecule has 0 aliphatic heterocycles. The lowest BCUT2D eigenvalue weighted by atomic mass is 10.0. The maximum Gasteiger partial charge on any atom is 0.144 e. The molecule has 1 aromatic carbocycles. The topological polar surface area (TPSA) is 119 Å². The zero-order chi connectivity index (χ0) is 22.2. The number of benzene rings is 1. The highest BCUT2D eigenvalue weighted by molar-refractivity contribution is 9.10. The number of ether oxygens (including phenoxy) is 1. The van der Waals surface area contributed by atoms with Gasteiger partial charge in [-0.25, -0.2) is 15.0 Å². The van der Waals surface area contributed by atoms with Crippen molar-refractivity contribution in [1.29, 1.82) is 0 Å². The third-order valence-electron chi connectivity index (χ3n) is 7.16. The van der Waals surface area contributed by atoms with Crippen LogP contribution in [-0.2, 0) is 5.54 Å². The van der Waals surface area contributed by atoms with Gasteiger partial charge in [0.2, 0.25) is 0 Å². The van der Waals surface area contributed by atoms with Gasteiger partial charge in [0.25, 0.3) is 0 Å². The molecule has 2 fully saturated rings. The minimum absolute atomic E-state index is 0.101. The van der Waals surface area contributed by atoms with Gasteiger partial charge >= 0.3 is 0 Å². The normalized spacial score (nSPS) is 28.9. The van der Waals surface area contributed by atoms with Crippen LogP contribution in [0.4, 0.5) is 5.82 Å².